The molecule has 0 saturated heterocycles. The van der Waals surface area contributed by atoms with Crippen LogP contribution in [0.1, 0.15) is 32.6 Å². The molecule has 21 heavy (non-hydrogen) atoms. The Morgan fingerprint density at radius 3 is 1.71 bits per heavy atom. The molecule has 0 aromatic heterocycles. The normalized spacial score (nSPS) is 9.48. The van der Waals surface area contributed by atoms with Crippen LogP contribution in [0.5, 0.6) is 0 Å². The van der Waals surface area contributed by atoms with E-state index in [-0.39, 0.29) is 5.78 Å². The first kappa shape index (κ1) is 16.4. The fourth-order valence-corrected chi connectivity index (χ4v) is 2.27. The molecule has 110 valence electrons. The van der Waals surface area contributed by atoms with Crippen LogP contribution in [0.4, 0.5) is 4.79 Å². The molecule has 0 aliphatic carbocycles. The molecule has 0 radical (unpaired) electrons. The highest BCUT2D eigenvalue weighted by atomic mass is 16.6. The summed E-state index contributed by atoms with van der Waals surface area (Å²) < 4.78 is 0. The van der Waals surface area contributed by atoms with Crippen LogP contribution in [0, 0.1) is 20.8 Å². The largest absolute Gasteiger partial charge is 0.503 e. The summed E-state index contributed by atoms with van der Waals surface area (Å²) in [5.74, 6) is 0.112. The third kappa shape index (κ3) is 4.76. The third-order valence-corrected chi connectivity index (χ3v) is 2.94. The van der Waals surface area contributed by atoms with Gasteiger partial charge in [0.15, 0.2) is 5.78 Å². The molecular formula is C17H18O4. The van der Waals surface area contributed by atoms with Crippen LogP contribution < -0.4 is 0 Å². The van der Waals surface area contributed by atoms with Crippen molar-refractivity contribution in [2.75, 3.05) is 0 Å². The van der Waals surface area contributed by atoms with E-state index in [4.69, 9.17) is 15.0 Å². The maximum atomic E-state index is 12.4. The average Bonchev–Trinajstić information content (AvgIpc) is 2.37. The summed E-state index contributed by atoms with van der Waals surface area (Å²) >= 11 is 0. The zero-order chi connectivity index (χ0) is 16.0. The van der Waals surface area contributed by atoms with Crippen molar-refractivity contribution in [3.8, 4) is 0 Å². The van der Waals surface area contributed by atoms with Crippen LogP contribution >= 0.6 is 0 Å². The predicted molar refractivity (Wildman–Crippen MR) is 81.2 cm³/mol. The predicted octanol–water partition coefficient (Wildman–Crippen LogP) is 4.07. The van der Waals surface area contributed by atoms with Gasteiger partial charge in [0.25, 0.3) is 0 Å². The maximum absolute atomic E-state index is 12.4. The van der Waals surface area contributed by atoms with E-state index in [1.54, 1.807) is 0 Å². The SMILES string of the molecule is Cc1cc(C)c(C(=O)c2ccccc2)c(C)c1.O=C(O)O. The minimum absolute atomic E-state index is 0.112. The molecule has 0 spiro atoms. The van der Waals surface area contributed by atoms with Gasteiger partial charge in [-0.25, -0.2) is 4.79 Å². The van der Waals surface area contributed by atoms with Crippen molar-refractivity contribution in [2.24, 2.45) is 0 Å². The monoisotopic (exact) mass is 286 g/mol. The molecule has 4 nitrogen and oxygen atoms in total. The van der Waals surface area contributed by atoms with Gasteiger partial charge in [-0.3, -0.25) is 4.79 Å². The fraction of sp³-hybridized carbons (Fsp3) is 0.176. The average molecular weight is 286 g/mol. The number of carbonyl (C=O) groups is 2. The number of carboxylic acid groups (broad SMARTS) is 2. The van der Waals surface area contributed by atoms with Gasteiger partial charge in [0.2, 0.25) is 0 Å². The van der Waals surface area contributed by atoms with Gasteiger partial charge in [0, 0.05) is 11.1 Å². The zero-order valence-electron chi connectivity index (χ0n) is 12.3. The Bertz CT molecular complexity index is 618. The molecule has 0 atom stereocenters. The summed E-state index contributed by atoms with van der Waals surface area (Å²) in [6, 6.07) is 13.6. The molecule has 2 N–H and O–H groups in total. The Morgan fingerprint density at radius 2 is 1.29 bits per heavy atom. The number of ketones is 1. The van der Waals surface area contributed by atoms with Crippen molar-refractivity contribution in [3.05, 3.63) is 70.3 Å². The molecule has 0 amide bonds. The summed E-state index contributed by atoms with van der Waals surface area (Å²) in [6.45, 7) is 6.04. The molecule has 2 aromatic carbocycles. The lowest BCUT2D eigenvalue weighted by Crippen LogP contribution is -2.06. The molecule has 0 saturated carbocycles. The Hall–Kier alpha value is -2.62. The molecule has 0 heterocycles. The van der Waals surface area contributed by atoms with E-state index in [0.717, 1.165) is 22.3 Å². The molecular weight excluding hydrogens is 268 g/mol. The lowest BCUT2D eigenvalue weighted by Gasteiger charge is -2.10. The summed E-state index contributed by atoms with van der Waals surface area (Å²) in [5, 5.41) is 13.9. The van der Waals surface area contributed by atoms with Crippen LogP contribution in [0.25, 0.3) is 0 Å². The van der Waals surface area contributed by atoms with E-state index in [1.807, 2.05) is 44.2 Å². The van der Waals surface area contributed by atoms with Crippen LogP contribution in [-0.2, 0) is 0 Å². The van der Waals surface area contributed by atoms with Crippen molar-refractivity contribution in [2.45, 2.75) is 20.8 Å². The zero-order valence-corrected chi connectivity index (χ0v) is 12.3. The lowest BCUT2D eigenvalue weighted by molar-refractivity contribution is 0.103. The summed E-state index contributed by atoms with van der Waals surface area (Å²) in [4.78, 5) is 21.0. The smallest absolute Gasteiger partial charge is 0.450 e. The second kappa shape index (κ2) is 7.24. The first-order chi connectivity index (χ1) is 9.82. The van der Waals surface area contributed by atoms with Gasteiger partial charge >= 0.3 is 6.16 Å². The summed E-state index contributed by atoms with van der Waals surface area (Å²) in [7, 11) is 0. The minimum atomic E-state index is -1.83. The quantitative estimate of drug-likeness (QED) is 0.816. The summed E-state index contributed by atoms with van der Waals surface area (Å²) in [6.07, 6.45) is -1.83. The Balaban J connectivity index is 0.000000491. The van der Waals surface area contributed by atoms with Crippen LogP contribution in [0.3, 0.4) is 0 Å². The minimum Gasteiger partial charge on any atom is -0.450 e. The highest BCUT2D eigenvalue weighted by molar-refractivity contribution is 6.10. The Labute approximate surface area is 123 Å². The van der Waals surface area contributed by atoms with E-state index < -0.39 is 6.16 Å². The van der Waals surface area contributed by atoms with Gasteiger partial charge in [-0.2, -0.15) is 0 Å². The fourth-order valence-electron chi connectivity index (χ4n) is 2.27. The van der Waals surface area contributed by atoms with Crippen molar-refractivity contribution in [1.29, 1.82) is 0 Å². The van der Waals surface area contributed by atoms with Crippen LogP contribution in [0.2, 0.25) is 0 Å². The van der Waals surface area contributed by atoms with Gasteiger partial charge < -0.3 is 10.2 Å². The van der Waals surface area contributed by atoms with E-state index in [1.165, 1.54) is 5.56 Å². The lowest BCUT2D eigenvalue weighted by atomic mass is 9.93. The van der Waals surface area contributed by atoms with Gasteiger partial charge in [-0.1, -0.05) is 48.0 Å². The maximum Gasteiger partial charge on any atom is 0.503 e. The number of hydrogen-bond donors (Lipinski definition) is 2. The Morgan fingerprint density at radius 1 is 0.857 bits per heavy atom. The highest BCUT2D eigenvalue weighted by Gasteiger charge is 2.14. The van der Waals surface area contributed by atoms with E-state index >= 15 is 0 Å². The van der Waals surface area contributed by atoms with Crippen molar-refractivity contribution in [3.63, 3.8) is 0 Å². The number of rotatable bonds is 2. The first-order valence-corrected chi connectivity index (χ1v) is 6.42. The number of hydrogen-bond acceptors (Lipinski definition) is 2. The number of aryl methyl sites for hydroxylation is 3. The molecule has 0 fully saturated rings. The molecule has 2 aromatic rings. The van der Waals surface area contributed by atoms with E-state index in [0.29, 0.717) is 0 Å². The van der Waals surface area contributed by atoms with Gasteiger partial charge in [-0.15, -0.1) is 0 Å². The standard InChI is InChI=1S/C16H16O.CH2O3/c1-11-9-12(2)15(13(3)10-11)16(17)14-7-5-4-6-8-14;2-1(3)4/h4-10H,1-3H3;(H2,2,3,4). The van der Waals surface area contributed by atoms with Crippen molar-refractivity contribution in [1.82, 2.24) is 0 Å². The van der Waals surface area contributed by atoms with E-state index in [9.17, 15) is 4.79 Å². The topological polar surface area (TPSA) is 74.6 Å². The highest BCUT2D eigenvalue weighted by Crippen LogP contribution is 2.20. The van der Waals surface area contributed by atoms with Crippen molar-refractivity contribution < 1.29 is 19.8 Å². The van der Waals surface area contributed by atoms with Gasteiger partial charge in [0.05, 0.1) is 0 Å². The van der Waals surface area contributed by atoms with E-state index in [2.05, 4.69) is 19.1 Å². The Kier molecular flexibility index (Phi) is 5.67. The molecule has 0 unspecified atom stereocenters. The van der Waals surface area contributed by atoms with Crippen LogP contribution in [0.15, 0.2) is 42.5 Å². The van der Waals surface area contributed by atoms with Crippen molar-refractivity contribution >= 4 is 11.9 Å². The van der Waals surface area contributed by atoms with Crippen LogP contribution in [-0.4, -0.2) is 22.2 Å². The first-order valence-electron chi connectivity index (χ1n) is 6.42. The van der Waals surface area contributed by atoms with Gasteiger partial charge in [0.1, 0.15) is 0 Å². The van der Waals surface area contributed by atoms with Gasteiger partial charge in [-0.05, 0) is 31.9 Å². The number of benzene rings is 2. The second-order valence-corrected chi connectivity index (χ2v) is 4.75. The molecule has 4 heteroatoms. The molecule has 2 rings (SSSR count). The molecule has 0 aliphatic rings. The molecule has 0 bridgehead atoms. The number of carbonyl (C=O) groups excluding carboxylic acids is 1. The third-order valence-electron chi connectivity index (χ3n) is 2.94. The summed E-state index contributed by atoms with van der Waals surface area (Å²) in [5.41, 5.74) is 4.89. The second-order valence-electron chi connectivity index (χ2n) is 4.75. The molecule has 0 aliphatic heterocycles.